The largest absolute Gasteiger partial charge is 0.456 e. The first kappa shape index (κ1) is 31.7. The van der Waals surface area contributed by atoms with Crippen LogP contribution >= 0.6 is 0 Å². The highest BCUT2D eigenvalue weighted by molar-refractivity contribution is 6.23. The summed E-state index contributed by atoms with van der Waals surface area (Å²) in [6.07, 6.45) is 12.7. The van der Waals surface area contributed by atoms with E-state index < -0.39 is 0 Å². The summed E-state index contributed by atoms with van der Waals surface area (Å²) in [6, 6.07) is 56.1. The molecule has 0 bridgehead atoms. The van der Waals surface area contributed by atoms with Gasteiger partial charge in [0.05, 0.1) is 0 Å². The van der Waals surface area contributed by atoms with Gasteiger partial charge in [-0.05, 0) is 102 Å². The molecule has 0 fully saturated rings. The fraction of sp³-hybridized carbons (Fsp3) is 0.0769. The van der Waals surface area contributed by atoms with Gasteiger partial charge >= 0.3 is 0 Å². The summed E-state index contributed by atoms with van der Waals surface area (Å²) in [6.45, 7) is 0. The van der Waals surface area contributed by atoms with Gasteiger partial charge in [-0.1, -0.05) is 133 Å². The van der Waals surface area contributed by atoms with Crippen molar-refractivity contribution in [2.75, 3.05) is 4.90 Å². The van der Waals surface area contributed by atoms with Crippen molar-refractivity contribution in [3.63, 3.8) is 0 Å². The second-order valence-electron chi connectivity index (χ2n) is 14.8. The summed E-state index contributed by atoms with van der Waals surface area (Å²) < 4.78 is 13.3. The third kappa shape index (κ3) is 5.42. The van der Waals surface area contributed by atoms with E-state index in [9.17, 15) is 0 Å². The fourth-order valence-electron chi connectivity index (χ4n) is 8.78. The third-order valence-corrected chi connectivity index (χ3v) is 11.5. The molecule has 0 N–H and O–H groups in total. The zero-order valence-corrected chi connectivity index (χ0v) is 30.3. The first-order chi connectivity index (χ1) is 27.2. The van der Waals surface area contributed by atoms with Crippen LogP contribution in [0.4, 0.5) is 11.4 Å². The van der Waals surface area contributed by atoms with Gasteiger partial charge in [0, 0.05) is 50.1 Å². The van der Waals surface area contributed by atoms with Crippen molar-refractivity contribution >= 4 is 55.3 Å². The average Bonchev–Trinajstić information content (AvgIpc) is 3.81. The highest BCUT2D eigenvalue weighted by atomic mass is 16.3. The van der Waals surface area contributed by atoms with E-state index >= 15 is 0 Å². The first-order valence-electron chi connectivity index (χ1n) is 19.2. The van der Waals surface area contributed by atoms with Gasteiger partial charge < -0.3 is 13.7 Å². The molecule has 3 heteroatoms. The Morgan fingerprint density at radius 3 is 1.91 bits per heavy atom. The molecule has 0 radical (unpaired) electrons. The van der Waals surface area contributed by atoms with Gasteiger partial charge in [-0.3, -0.25) is 0 Å². The maximum Gasteiger partial charge on any atom is 0.144 e. The maximum atomic E-state index is 6.84. The van der Waals surface area contributed by atoms with Gasteiger partial charge in [0.15, 0.2) is 0 Å². The number of allylic oxidation sites excluding steroid dienone is 6. The summed E-state index contributed by atoms with van der Waals surface area (Å²) in [4.78, 5) is 2.43. The van der Waals surface area contributed by atoms with Crippen molar-refractivity contribution in [1.29, 1.82) is 0 Å². The normalized spacial score (nSPS) is 15.4. The highest BCUT2D eigenvalue weighted by Gasteiger charge is 2.25. The smallest absolute Gasteiger partial charge is 0.144 e. The van der Waals surface area contributed by atoms with Crippen molar-refractivity contribution in [2.24, 2.45) is 5.92 Å². The Hall–Kier alpha value is -6.84. The Labute approximate surface area is 319 Å². The van der Waals surface area contributed by atoms with Gasteiger partial charge in [0.2, 0.25) is 0 Å². The Morgan fingerprint density at radius 1 is 0.491 bits per heavy atom. The molecule has 55 heavy (non-hydrogen) atoms. The molecule has 9 aromatic rings. The monoisotopic (exact) mass is 707 g/mol. The lowest BCUT2D eigenvalue weighted by Crippen LogP contribution is -2.22. The summed E-state index contributed by atoms with van der Waals surface area (Å²) in [5.74, 6) is 0.458. The Bertz CT molecular complexity index is 2980. The van der Waals surface area contributed by atoms with Crippen molar-refractivity contribution in [1.82, 2.24) is 0 Å². The lowest BCUT2D eigenvalue weighted by Gasteiger charge is -2.33. The van der Waals surface area contributed by atoms with Crippen LogP contribution in [-0.4, -0.2) is 0 Å². The Balaban J connectivity index is 0.992. The molecule has 1 atom stereocenters. The molecule has 2 aliphatic rings. The van der Waals surface area contributed by atoms with E-state index in [0.717, 1.165) is 96.8 Å². The highest BCUT2D eigenvalue weighted by Crippen LogP contribution is 2.46. The summed E-state index contributed by atoms with van der Waals surface area (Å²) in [5.41, 5.74) is 15.5. The van der Waals surface area contributed by atoms with E-state index in [1.165, 1.54) is 16.8 Å². The second kappa shape index (κ2) is 12.9. The molecule has 0 aliphatic heterocycles. The molecule has 1 unspecified atom stereocenters. The topological polar surface area (TPSA) is 29.5 Å². The van der Waals surface area contributed by atoms with Crippen LogP contribution in [-0.2, 0) is 0 Å². The maximum absolute atomic E-state index is 6.84. The number of rotatable bonds is 6. The summed E-state index contributed by atoms with van der Waals surface area (Å²) in [7, 11) is 0. The summed E-state index contributed by atoms with van der Waals surface area (Å²) in [5, 5.41) is 4.31. The second-order valence-corrected chi connectivity index (χ2v) is 14.8. The van der Waals surface area contributed by atoms with Crippen LogP contribution in [0.3, 0.4) is 0 Å². The molecule has 0 spiro atoms. The van der Waals surface area contributed by atoms with Gasteiger partial charge in [0.1, 0.15) is 22.3 Å². The number of fused-ring (bicyclic) bond motifs is 7. The van der Waals surface area contributed by atoms with E-state index in [-0.39, 0.29) is 0 Å². The van der Waals surface area contributed by atoms with Crippen LogP contribution in [0.1, 0.15) is 19.3 Å². The van der Waals surface area contributed by atoms with Gasteiger partial charge in [-0.15, -0.1) is 0 Å². The standard InChI is InChI=1S/C52H37NO2/c1-3-11-34(12-4-1)36-19-25-41(26-20-36)53(43-29-23-35-13-7-8-16-39(35)31-43)42-27-21-37(22-28-42)40-24-30-44-46-33-49-51(45-17-9-10-18-47(45)54-49)50(38-14-5-2-6-15-38)52(46)55-48(44)32-40/h1-6,8-12,14-30,32-33,39H,7,13,31H2. The van der Waals surface area contributed by atoms with Gasteiger partial charge in [-0.25, -0.2) is 0 Å². The number of anilines is 2. The van der Waals surface area contributed by atoms with Crippen molar-refractivity contribution in [3.05, 3.63) is 193 Å². The predicted molar refractivity (Wildman–Crippen MR) is 229 cm³/mol. The van der Waals surface area contributed by atoms with Gasteiger partial charge in [-0.2, -0.15) is 0 Å². The number of para-hydroxylation sites is 1. The number of hydrogen-bond donors (Lipinski definition) is 0. The van der Waals surface area contributed by atoms with E-state index in [0.29, 0.717) is 5.92 Å². The lowest BCUT2D eigenvalue weighted by molar-refractivity contribution is 0.657. The van der Waals surface area contributed by atoms with Crippen LogP contribution in [0.5, 0.6) is 0 Å². The van der Waals surface area contributed by atoms with E-state index in [4.69, 9.17) is 8.83 Å². The number of furan rings is 2. The van der Waals surface area contributed by atoms with E-state index in [1.54, 1.807) is 5.57 Å². The molecule has 2 heterocycles. The zero-order valence-electron chi connectivity index (χ0n) is 30.3. The average molecular weight is 708 g/mol. The molecule has 0 amide bonds. The SMILES string of the molecule is C1=CC2CC(N(c3ccc(-c4ccccc4)cc3)c3ccc(-c4ccc5c(c4)oc4c(-c6ccccc6)c6c(cc45)oc4ccccc46)cc3)=CC=C2CC1. The molecule has 11 rings (SSSR count). The number of nitrogens with zero attached hydrogens (tertiary/aromatic N) is 1. The fourth-order valence-corrected chi connectivity index (χ4v) is 8.78. The Kier molecular flexibility index (Phi) is 7.44. The molecule has 0 saturated heterocycles. The molecule has 3 nitrogen and oxygen atoms in total. The van der Waals surface area contributed by atoms with Crippen molar-refractivity contribution in [3.8, 4) is 33.4 Å². The van der Waals surface area contributed by atoms with Crippen molar-refractivity contribution < 1.29 is 8.83 Å². The lowest BCUT2D eigenvalue weighted by atomic mass is 9.83. The quantitative estimate of drug-likeness (QED) is 0.161. The van der Waals surface area contributed by atoms with E-state index in [2.05, 4.69) is 175 Å². The van der Waals surface area contributed by atoms with Crippen LogP contribution in [0, 0.1) is 5.92 Å². The Morgan fingerprint density at radius 2 is 1.15 bits per heavy atom. The minimum Gasteiger partial charge on any atom is -0.456 e. The molecular formula is C52H37NO2. The minimum atomic E-state index is 0.458. The van der Waals surface area contributed by atoms with Crippen LogP contribution in [0.2, 0.25) is 0 Å². The van der Waals surface area contributed by atoms with Gasteiger partial charge in [0.25, 0.3) is 0 Å². The van der Waals surface area contributed by atoms with Crippen molar-refractivity contribution in [2.45, 2.75) is 19.3 Å². The molecule has 2 aromatic heterocycles. The third-order valence-electron chi connectivity index (χ3n) is 11.5. The first-order valence-corrected chi connectivity index (χ1v) is 19.2. The molecular weight excluding hydrogens is 671 g/mol. The molecule has 7 aromatic carbocycles. The summed E-state index contributed by atoms with van der Waals surface area (Å²) >= 11 is 0. The zero-order chi connectivity index (χ0) is 36.3. The number of benzene rings is 7. The number of hydrogen-bond acceptors (Lipinski definition) is 3. The minimum absolute atomic E-state index is 0.458. The predicted octanol–water partition coefficient (Wildman–Crippen LogP) is 14.8. The van der Waals surface area contributed by atoms with E-state index in [1.807, 2.05) is 12.1 Å². The molecule has 262 valence electrons. The van der Waals surface area contributed by atoms with Crippen LogP contribution in [0.25, 0.3) is 77.3 Å². The molecule has 2 aliphatic carbocycles. The molecule has 0 saturated carbocycles. The van der Waals surface area contributed by atoms with Crippen LogP contribution in [0.15, 0.2) is 202 Å². The van der Waals surface area contributed by atoms with Crippen LogP contribution < -0.4 is 4.90 Å².